The van der Waals surface area contributed by atoms with Crippen LogP contribution in [0.4, 0.5) is 19.0 Å². The second-order valence-corrected chi connectivity index (χ2v) is 11.1. The van der Waals surface area contributed by atoms with Gasteiger partial charge in [0.1, 0.15) is 5.82 Å². The number of piperidine rings is 1. The zero-order valence-electron chi connectivity index (χ0n) is 22.3. The molecule has 41 heavy (non-hydrogen) atoms. The van der Waals surface area contributed by atoms with Crippen molar-refractivity contribution in [2.45, 2.75) is 31.1 Å². The molecule has 3 saturated heterocycles. The molecule has 6 rings (SSSR count). The molecule has 0 radical (unpaired) electrons. The van der Waals surface area contributed by atoms with E-state index in [0.717, 1.165) is 25.5 Å². The Morgan fingerprint density at radius 2 is 1.93 bits per heavy atom. The summed E-state index contributed by atoms with van der Waals surface area (Å²) in [6, 6.07) is 7.33. The predicted molar refractivity (Wildman–Crippen MR) is 148 cm³/mol. The van der Waals surface area contributed by atoms with Crippen LogP contribution in [-0.2, 0) is 10.9 Å². The Labute approximate surface area is 240 Å². The molecule has 3 atom stereocenters. The molecule has 2 aromatic heterocycles. The number of halogens is 4. The van der Waals surface area contributed by atoms with Crippen molar-refractivity contribution in [3.63, 3.8) is 0 Å². The minimum Gasteiger partial charge on any atom is -0.379 e. The summed E-state index contributed by atoms with van der Waals surface area (Å²) in [6.07, 6.45) is 0.107. The van der Waals surface area contributed by atoms with Gasteiger partial charge in [0.25, 0.3) is 5.91 Å². The highest BCUT2D eigenvalue weighted by Crippen LogP contribution is 2.32. The van der Waals surface area contributed by atoms with Crippen LogP contribution in [0.15, 0.2) is 36.7 Å². The molecule has 0 aliphatic carbocycles. The van der Waals surface area contributed by atoms with Gasteiger partial charge in [-0.1, -0.05) is 11.6 Å². The van der Waals surface area contributed by atoms with Gasteiger partial charge in [0, 0.05) is 62.1 Å². The monoisotopic (exact) mass is 589 g/mol. The molecule has 5 heterocycles. The van der Waals surface area contributed by atoms with Crippen molar-refractivity contribution in [1.29, 1.82) is 0 Å². The van der Waals surface area contributed by atoms with Gasteiger partial charge < -0.3 is 20.3 Å². The first kappa shape index (κ1) is 28.1. The smallest absolute Gasteiger partial charge is 0.379 e. The zero-order valence-corrected chi connectivity index (χ0v) is 23.1. The fourth-order valence-corrected chi connectivity index (χ4v) is 6.34. The molecule has 1 unspecified atom stereocenters. The van der Waals surface area contributed by atoms with Crippen LogP contribution in [0, 0.1) is 5.92 Å². The number of ether oxygens (including phenoxy) is 1. The molecule has 3 aromatic rings. The van der Waals surface area contributed by atoms with E-state index in [1.807, 2.05) is 23.1 Å². The van der Waals surface area contributed by atoms with Gasteiger partial charge in [0.15, 0.2) is 0 Å². The lowest BCUT2D eigenvalue weighted by Crippen LogP contribution is -2.44. The number of carbonyl (C=O) groups excluding carboxylic acids is 1. The number of morpholine rings is 1. The molecule has 3 aliphatic rings. The third kappa shape index (κ3) is 5.97. The Bertz CT molecular complexity index is 1390. The molecule has 0 spiro atoms. The minimum absolute atomic E-state index is 0.120. The molecular weight excluding hydrogens is 559 g/mol. The Hall–Kier alpha value is -3.06. The Morgan fingerprint density at radius 1 is 1.15 bits per heavy atom. The van der Waals surface area contributed by atoms with E-state index in [9.17, 15) is 18.0 Å². The molecule has 0 bridgehead atoms. The maximum Gasteiger partial charge on any atom is 0.451 e. The first-order valence-corrected chi connectivity index (χ1v) is 14.2. The molecular formula is C28H31ClF3N7O2. The number of hydrogen-bond donors (Lipinski definition) is 2. The number of aromatic nitrogens is 3. The highest BCUT2D eigenvalue weighted by Gasteiger charge is 2.36. The van der Waals surface area contributed by atoms with Crippen LogP contribution in [0.2, 0.25) is 5.02 Å². The van der Waals surface area contributed by atoms with E-state index >= 15 is 0 Å². The summed E-state index contributed by atoms with van der Waals surface area (Å²) in [5, 5.41) is 7.48. The van der Waals surface area contributed by atoms with E-state index < -0.39 is 23.9 Å². The second-order valence-electron chi connectivity index (χ2n) is 10.7. The van der Waals surface area contributed by atoms with Crippen molar-refractivity contribution in [3.8, 4) is 0 Å². The van der Waals surface area contributed by atoms with Gasteiger partial charge in [0.2, 0.25) is 5.82 Å². The predicted octanol–water partition coefficient (Wildman–Crippen LogP) is 3.69. The summed E-state index contributed by atoms with van der Waals surface area (Å²) in [5.74, 6) is -0.110. The normalized spacial score (nSPS) is 22.5. The molecule has 1 aromatic carbocycles. The van der Waals surface area contributed by atoms with E-state index in [4.69, 9.17) is 21.3 Å². The lowest BCUT2D eigenvalue weighted by Gasteiger charge is -2.34. The second kappa shape index (κ2) is 11.7. The lowest BCUT2D eigenvalue weighted by atomic mass is 9.94. The van der Waals surface area contributed by atoms with Crippen LogP contribution >= 0.6 is 11.6 Å². The van der Waals surface area contributed by atoms with Gasteiger partial charge in [-0.25, -0.2) is 15.0 Å². The number of rotatable bonds is 6. The first-order valence-electron chi connectivity index (χ1n) is 13.8. The average molecular weight is 590 g/mol. The molecule has 1 amide bonds. The zero-order chi connectivity index (χ0) is 28.6. The number of nitrogens with one attached hydrogen (secondary N) is 2. The number of amides is 1. The van der Waals surface area contributed by atoms with Crippen LogP contribution in [0.1, 0.15) is 40.6 Å². The number of pyridine rings is 1. The maximum atomic E-state index is 13.5. The van der Waals surface area contributed by atoms with Crippen molar-refractivity contribution in [2.75, 3.05) is 57.4 Å². The summed E-state index contributed by atoms with van der Waals surface area (Å²) >= 11 is 6.53. The fourth-order valence-electron chi connectivity index (χ4n) is 6.09. The van der Waals surface area contributed by atoms with E-state index in [1.165, 1.54) is 25.2 Å². The highest BCUT2D eigenvalue weighted by molar-refractivity contribution is 6.35. The lowest BCUT2D eigenvalue weighted by molar-refractivity contribution is -0.145. The summed E-state index contributed by atoms with van der Waals surface area (Å²) in [4.78, 5) is 29.8. The van der Waals surface area contributed by atoms with Crippen molar-refractivity contribution >= 4 is 34.2 Å². The van der Waals surface area contributed by atoms with Crippen molar-refractivity contribution in [1.82, 2.24) is 30.5 Å². The summed E-state index contributed by atoms with van der Waals surface area (Å²) in [7, 11) is 0. The molecule has 218 valence electrons. The van der Waals surface area contributed by atoms with Crippen LogP contribution < -0.4 is 15.5 Å². The van der Waals surface area contributed by atoms with Crippen LogP contribution in [0.3, 0.4) is 0 Å². The number of alkyl halides is 3. The number of anilines is 1. The summed E-state index contributed by atoms with van der Waals surface area (Å²) in [5.41, 5.74) is 1.45. The standard InChI is InChI=1S/C28H31ClF3N7O2/c29-20-4-5-21-19(3-6-24(37-21)39-15-17-2-1-7-33-22(17)16-39)25(20)26(40)34-14-23(38-8-10-41-11-9-38)18-12-35-27(36-13-18)28(30,31)32/h3-6,12-13,17,22-23,33H,1-2,7-11,14-16H2,(H,34,40)/t17-,22+,23?/m0/s1. The topological polar surface area (TPSA) is 95.5 Å². The Kier molecular flexibility index (Phi) is 7.99. The minimum atomic E-state index is -4.63. The number of fused-ring (bicyclic) bond motifs is 2. The molecule has 0 saturated carbocycles. The molecule has 2 N–H and O–H groups in total. The summed E-state index contributed by atoms with van der Waals surface area (Å²) < 4.78 is 44.5. The average Bonchev–Trinajstić information content (AvgIpc) is 3.42. The maximum absolute atomic E-state index is 13.5. The van der Waals surface area contributed by atoms with Gasteiger partial charge in [0.05, 0.1) is 35.4 Å². The molecule has 3 aliphatic heterocycles. The highest BCUT2D eigenvalue weighted by atomic mass is 35.5. The van der Waals surface area contributed by atoms with Crippen molar-refractivity contribution in [2.24, 2.45) is 5.92 Å². The SMILES string of the molecule is O=C(NCC(c1cnc(C(F)(F)F)nc1)N1CCOCC1)c1c(Cl)ccc2nc(N3C[C@@H]4CCCN[C@@H]4C3)ccc12. The number of benzene rings is 1. The summed E-state index contributed by atoms with van der Waals surface area (Å²) in [6.45, 7) is 5.08. The number of nitrogens with zero attached hydrogens (tertiary/aromatic N) is 5. The van der Waals surface area contributed by atoms with Crippen LogP contribution in [0.25, 0.3) is 10.9 Å². The van der Waals surface area contributed by atoms with E-state index in [0.29, 0.717) is 65.3 Å². The van der Waals surface area contributed by atoms with E-state index in [2.05, 4.69) is 25.5 Å². The largest absolute Gasteiger partial charge is 0.451 e. The van der Waals surface area contributed by atoms with Gasteiger partial charge in [-0.05, 0) is 49.6 Å². The third-order valence-electron chi connectivity index (χ3n) is 8.21. The van der Waals surface area contributed by atoms with E-state index in [-0.39, 0.29) is 6.54 Å². The van der Waals surface area contributed by atoms with Gasteiger partial charge in [-0.3, -0.25) is 9.69 Å². The van der Waals surface area contributed by atoms with Gasteiger partial charge in [-0.15, -0.1) is 0 Å². The Balaban J connectivity index is 1.22. The number of carbonyl (C=O) groups is 1. The first-order chi connectivity index (χ1) is 19.8. The molecule has 9 nitrogen and oxygen atoms in total. The van der Waals surface area contributed by atoms with Crippen molar-refractivity contribution in [3.05, 3.63) is 58.6 Å². The van der Waals surface area contributed by atoms with Crippen LogP contribution in [-0.4, -0.2) is 84.3 Å². The van der Waals surface area contributed by atoms with E-state index in [1.54, 1.807) is 6.07 Å². The molecule has 3 fully saturated rings. The Morgan fingerprint density at radius 3 is 2.66 bits per heavy atom. The fraction of sp³-hybridized carbons (Fsp3) is 0.500. The van der Waals surface area contributed by atoms with Gasteiger partial charge in [-0.2, -0.15) is 13.2 Å². The third-order valence-corrected chi connectivity index (χ3v) is 8.52. The van der Waals surface area contributed by atoms with Crippen LogP contribution in [0.5, 0.6) is 0 Å². The quantitative estimate of drug-likeness (QED) is 0.450. The number of hydrogen-bond acceptors (Lipinski definition) is 8. The van der Waals surface area contributed by atoms with Crippen molar-refractivity contribution < 1.29 is 22.7 Å². The van der Waals surface area contributed by atoms with Gasteiger partial charge >= 0.3 is 6.18 Å². The molecule has 13 heteroatoms.